The van der Waals surface area contributed by atoms with Gasteiger partial charge in [-0.05, 0) is 36.2 Å². The fourth-order valence-electron chi connectivity index (χ4n) is 1.89. The lowest BCUT2D eigenvalue weighted by atomic mass is 10.2. The molecule has 3 aromatic rings. The fraction of sp³-hybridized carbons (Fsp3) is 0.250. The summed E-state index contributed by atoms with van der Waals surface area (Å²) >= 11 is 1.48. The van der Waals surface area contributed by atoms with Crippen molar-refractivity contribution in [3.8, 4) is 21.5 Å². The molecule has 6 heteroatoms. The van der Waals surface area contributed by atoms with E-state index >= 15 is 0 Å². The minimum atomic E-state index is 0.618. The van der Waals surface area contributed by atoms with E-state index in [0.717, 1.165) is 28.6 Å². The van der Waals surface area contributed by atoms with Gasteiger partial charge in [-0.25, -0.2) is 4.98 Å². The van der Waals surface area contributed by atoms with Crippen molar-refractivity contribution in [2.75, 3.05) is 11.9 Å². The Morgan fingerprint density at radius 2 is 2.05 bits per heavy atom. The number of ether oxygens (including phenoxy) is 1. The highest BCUT2D eigenvalue weighted by molar-refractivity contribution is 7.16. The predicted molar refractivity (Wildman–Crippen MR) is 89.5 cm³/mol. The maximum atomic E-state index is 5.78. The van der Waals surface area contributed by atoms with Gasteiger partial charge in [0.2, 0.25) is 0 Å². The monoisotopic (exact) mass is 314 g/mol. The molecule has 2 aromatic heterocycles. The van der Waals surface area contributed by atoms with Crippen molar-refractivity contribution in [1.82, 2.24) is 15.2 Å². The minimum absolute atomic E-state index is 0.618. The van der Waals surface area contributed by atoms with E-state index in [4.69, 9.17) is 4.74 Å². The summed E-state index contributed by atoms with van der Waals surface area (Å²) in [5, 5.41) is 10.9. The molecular weight excluding hydrogens is 296 g/mol. The van der Waals surface area contributed by atoms with Crippen LogP contribution in [-0.4, -0.2) is 21.7 Å². The number of hydrogen-bond acceptors (Lipinski definition) is 5. The average Bonchev–Trinajstić information content (AvgIpc) is 3.17. The topological polar surface area (TPSA) is 62.8 Å². The second-order valence-corrected chi connectivity index (χ2v) is 6.36. The van der Waals surface area contributed by atoms with Gasteiger partial charge in [0, 0.05) is 18.4 Å². The Morgan fingerprint density at radius 3 is 2.73 bits per heavy atom. The quantitative estimate of drug-likeness (QED) is 0.708. The van der Waals surface area contributed by atoms with E-state index in [9.17, 15) is 0 Å². The van der Waals surface area contributed by atoms with E-state index in [2.05, 4.69) is 34.3 Å². The van der Waals surface area contributed by atoms with Crippen molar-refractivity contribution in [1.29, 1.82) is 0 Å². The number of nitrogens with one attached hydrogen (secondary N) is 2. The van der Waals surface area contributed by atoms with E-state index in [1.54, 1.807) is 12.4 Å². The van der Waals surface area contributed by atoms with Crippen LogP contribution in [0.1, 0.15) is 13.8 Å². The van der Waals surface area contributed by atoms with Gasteiger partial charge in [0.15, 0.2) is 0 Å². The van der Waals surface area contributed by atoms with E-state index in [0.29, 0.717) is 11.1 Å². The van der Waals surface area contributed by atoms with E-state index < -0.39 is 0 Å². The molecule has 0 spiro atoms. The predicted octanol–water partition coefficient (Wildman–Crippen LogP) is 4.39. The van der Waals surface area contributed by atoms with Crippen LogP contribution in [0.25, 0.3) is 10.6 Å². The van der Waals surface area contributed by atoms with Crippen LogP contribution in [0.15, 0.2) is 42.7 Å². The van der Waals surface area contributed by atoms with Gasteiger partial charge in [-0.2, -0.15) is 5.10 Å². The second-order valence-electron chi connectivity index (χ2n) is 5.36. The van der Waals surface area contributed by atoms with Crippen molar-refractivity contribution in [2.24, 2.45) is 5.92 Å². The van der Waals surface area contributed by atoms with E-state index in [1.807, 2.05) is 30.3 Å². The molecule has 0 saturated carbocycles. The first kappa shape index (κ1) is 14.6. The zero-order chi connectivity index (χ0) is 15.4. The molecule has 0 aliphatic heterocycles. The molecule has 0 unspecified atom stereocenters. The molecule has 3 rings (SSSR count). The lowest BCUT2D eigenvalue weighted by molar-refractivity contribution is 0.479. The number of benzene rings is 1. The van der Waals surface area contributed by atoms with Gasteiger partial charge in [0.25, 0.3) is 5.19 Å². The van der Waals surface area contributed by atoms with Gasteiger partial charge in [-0.15, -0.1) is 0 Å². The molecule has 0 atom stereocenters. The van der Waals surface area contributed by atoms with Gasteiger partial charge in [-0.1, -0.05) is 25.2 Å². The Kier molecular flexibility index (Phi) is 4.39. The van der Waals surface area contributed by atoms with Crippen LogP contribution in [0, 0.1) is 5.92 Å². The number of rotatable bonds is 6. The summed E-state index contributed by atoms with van der Waals surface area (Å²) in [5.41, 5.74) is 2.04. The first-order chi connectivity index (χ1) is 10.7. The molecule has 1 aromatic carbocycles. The van der Waals surface area contributed by atoms with E-state index in [-0.39, 0.29) is 0 Å². The lowest BCUT2D eigenvalue weighted by Crippen LogP contribution is -2.07. The van der Waals surface area contributed by atoms with Gasteiger partial charge >= 0.3 is 0 Å². The summed E-state index contributed by atoms with van der Waals surface area (Å²) < 4.78 is 5.78. The Hall–Kier alpha value is -2.34. The van der Waals surface area contributed by atoms with Gasteiger partial charge in [-0.3, -0.25) is 5.10 Å². The maximum absolute atomic E-state index is 5.78. The number of aromatic amines is 1. The maximum Gasteiger partial charge on any atom is 0.279 e. The number of thiazole rings is 1. The van der Waals surface area contributed by atoms with Crippen molar-refractivity contribution >= 4 is 17.0 Å². The molecule has 0 bridgehead atoms. The molecule has 2 N–H and O–H groups in total. The largest absolute Gasteiger partial charge is 0.431 e. The molecule has 0 fully saturated rings. The average molecular weight is 314 g/mol. The first-order valence-electron chi connectivity index (χ1n) is 7.18. The molecule has 5 nitrogen and oxygen atoms in total. The van der Waals surface area contributed by atoms with Crippen molar-refractivity contribution in [2.45, 2.75) is 13.8 Å². The molecular formula is C16H18N4OS. The lowest BCUT2D eigenvalue weighted by Gasteiger charge is -2.09. The van der Waals surface area contributed by atoms with Crippen molar-refractivity contribution in [3.63, 3.8) is 0 Å². The van der Waals surface area contributed by atoms with Crippen LogP contribution in [0.5, 0.6) is 10.9 Å². The third kappa shape index (κ3) is 3.65. The highest BCUT2D eigenvalue weighted by Gasteiger charge is 2.07. The Bertz CT molecular complexity index is 704. The molecule has 2 heterocycles. The number of nitrogens with zero attached hydrogens (tertiary/aromatic N) is 2. The number of aromatic nitrogens is 3. The van der Waals surface area contributed by atoms with Gasteiger partial charge in [0.1, 0.15) is 5.75 Å². The summed E-state index contributed by atoms with van der Waals surface area (Å²) in [6, 6.07) is 9.83. The third-order valence-corrected chi connectivity index (χ3v) is 3.93. The number of anilines is 1. The standard InChI is InChI=1S/C16H18N4OS/c1-11(2)9-17-12-3-5-13(6-4-12)21-16-18-10-15(22-16)14-7-8-19-20-14/h3-8,10-11,17H,9H2,1-2H3,(H,19,20). The highest BCUT2D eigenvalue weighted by Crippen LogP contribution is 2.32. The number of H-pyrrole nitrogens is 1. The van der Waals surface area contributed by atoms with Crippen LogP contribution in [0.2, 0.25) is 0 Å². The minimum Gasteiger partial charge on any atom is -0.431 e. The third-order valence-electron chi connectivity index (χ3n) is 3.02. The zero-order valence-electron chi connectivity index (χ0n) is 12.5. The van der Waals surface area contributed by atoms with E-state index in [1.165, 1.54) is 11.3 Å². The highest BCUT2D eigenvalue weighted by atomic mass is 32.1. The molecule has 0 radical (unpaired) electrons. The summed E-state index contributed by atoms with van der Waals surface area (Å²) in [6.07, 6.45) is 3.50. The molecule has 0 aliphatic rings. The van der Waals surface area contributed by atoms with Crippen LogP contribution < -0.4 is 10.1 Å². The van der Waals surface area contributed by atoms with Gasteiger partial charge in [0.05, 0.1) is 16.8 Å². The SMILES string of the molecule is CC(C)CNc1ccc(Oc2ncc(-c3ccn[nH]3)s2)cc1. The summed E-state index contributed by atoms with van der Waals surface area (Å²) in [6.45, 7) is 5.33. The van der Waals surface area contributed by atoms with Crippen LogP contribution in [-0.2, 0) is 0 Å². The second kappa shape index (κ2) is 6.62. The first-order valence-corrected chi connectivity index (χ1v) is 8.00. The fourth-order valence-corrected chi connectivity index (χ4v) is 2.65. The van der Waals surface area contributed by atoms with Crippen molar-refractivity contribution in [3.05, 3.63) is 42.7 Å². The molecule has 114 valence electrons. The van der Waals surface area contributed by atoms with Crippen molar-refractivity contribution < 1.29 is 4.74 Å². The summed E-state index contributed by atoms with van der Waals surface area (Å²) in [5.74, 6) is 1.40. The molecule has 0 aliphatic carbocycles. The number of hydrogen-bond donors (Lipinski definition) is 2. The Balaban J connectivity index is 1.63. The smallest absolute Gasteiger partial charge is 0.279 e. The normalized spacial score (nSPS) is 10.9. The summed E-state index contributed by atoms with van der Waals surface area (Å²) in [7, 11) is 0. The van der Waals surface area contributed by atoms with Crippen LogP contribution >= 0.6 is 11.3 Å². The Morgan fingerprint density at radius 1 is 1.23 bits per heavy atom. The van der Waals surface area contributed by atoms with Crippen LogP contribution in [0.3, 0.4) is 0 Å². The van der Waals surface area contributed by atoms with Crippen LogP contribution in [0.4, 0.5) is 5.69 Å². The summed E-state index contributed by atoms with van der Waals surface area (Å²) in [4.78, 5) is 5.28. The molecule has 0 amide bonds. The zero-order valence-corrected chi connectivity index (χ0v) is 13.4. The molecule has 22 heavy (non-hydrogen) atoms. The van der Waals surface area contributed by atoms with Gasteiger partial charge < -0.3 is 10.1 Å². The molecule has 0 saturated heterocycles. The Labute approximate surface area is 133 Å².